The molecule has 3 N–H and O–H groups in total. The minimum Gasteiger partial charge on any atom is -0.492 e. The molecular weight excluding hydrogens is 444 g/mol. The van der Waals surface area contributed by atoms with Crippen LogP contribution in [-0.4, -0.2) is 29.1 Å². The maximum Gasteiger partial charge on any atom is 0.319 e. The van der Waals surface area contributed by atoms with E-state index in [2.05, 4.69) is 33.8 Å². The number of nitrogens with one attached hydrogen (secondary N) is 3. The fraction of sp³-hybridized carbons (Fsp3) is 0.296. The van der Waals surface area contributed by atoms with E-state index in [1.54, 1.807) is 18.3 Å². The summed E-state index contributed by atoms with van der Waals surface area (Å²) in [5.74, 6) is 5.93. The van der Waals surface area contributed by atoms with E-state index in [9.17, 15) is 9.59 Å². The maximum atomic E-state index is 12.6. The quantitative estimate of drug-likeness (QED) is 0.596. The number of rotatable bonds is 4. The van der Waals surface area contributed by atoms with Gasteiger partial charge in [-0.3, -0.25) is 4.79 Å². The van der Waals surface area contributed by atoms with Crippen molar-refractivity contribution in [3.63, 3.8) is 0 Å². The molecule has 2 aromatic rings. The summed E-state index contributed by atoms with van der Waals surface area (Å²) < 4.78 is 12.5. The van der Waals surface area contributed by atoms with Crippen LogP contribution in [0.5, 0.6) is 5.75 Å². The van der Waals surface area contributed by atoms with Crippen LogP contribution in [0.3, 0.4) is 0 Å². The molecule has 1 saturated carbocycles. The molecule has 1 aromatic carbocycles. The minimum absolute atomic E-state index is 0.0332. The molecule has 2 aliphatic carbocycles. The van der Waals surface area contributed by atoms with E-state index in [-0.39, 0.29) is 41.8 Å². The van der Waals surface area contributed by atoms with Crippen LogP contribution in [0.1, 0.15) is 24.5 Å². The number of fused-ring (bicyclic) bond motifs is 4. The number of pyridine rings is 1. The Hall–Kier alpha value is -4.25. The Kier molecular flexibility index (Phi) is 4.99. The first-order valence-electron chi connectivity index (χ1n) is 11.7. The fourth-order valence-corrected chi connectivity index (χ4v) is 5.32. The Balaban J connectivity index is 1.12. The summed E-state index contributed by atoms with van der Waals surface area (Å²) in [7, 11) is 0. The molecule has 5 atom stereocenters. The Morgan fingerprint density at radius 2 is 2.17 bits per heavy atom. The number of nitrogens with zero attached hydrogens (tertiary/aromatic N) is 1. The van der Waals surface area contributed by atoms with Crippen LogP contribution in [0.4, 0.5) is 16.3 Å². The predicted molar refractivity (Wildman–Crippen MR) is 129 cm³/mol. The lowest BCUT2D eigenvalue weighted by Crippen LogP contribution is -2.36. The van der Waals surface area contributed by atoms with Gasteiger partial charge in [0.1, 0.15) is 29.2 Å². The zero-order valence-electron chi connectivity index (χ0n) is 19.1. The number of urea groups is 1. The van der Waals surface area contributed by atoms with Crippen molar-refractivity contribution in [1.29, 1.82) is 0 Å². The number of anilines is 2. The van der Waals surface area contributed by atoms with Crippen molar-refractivity contribution >= 4 is 23.4 Å². The third-order valence-corrected chi connectivity index (χ3v) is 7.11. The number of terminal acetylenes is 1. The number of carbonyl (C=O) groups excluding carboxylic acids is 2. The van der Waals surface area contributed by atoms with Gasteiger partial charge in [0.15, 0.2) is 0 Å². The molecule has 2 unspecified atom stereocenters. The van der Waals surface area contributed by atoms with Crippen LogP contribution < -0.4 is 20.7 Å². The summed E-state index contributed by atoms with van der Waals surface area (Å²) in [4.78, 5) is 28.6. The summed E-state index contributed by atoms with van der Waals surface area (Å²) >= 11 is 0. The van der Waals surface area contributed by atoms with Gasteiger partial charge in [0, 0.05) is 47.2 Å². The largest absolute Gasteiger partial charge is 0.492 e. The molecule has 8 heteroatoms. The van der Waals surface area contributed by atoms with Gasteiger partial charge >= 0.3 is 6.03 Å². The molecule has 176 valence electrons. The highest BCUT2D eigenvalue weighted by Crippen LogP contribution is 2.57. The lowest BCUT2D eigenvalue weighted by Gasteiger charge is -2.29. The van der Waals surface area contributed by atoms with E-state index >= 15 is 0 Å². The van der Waals surface area contributed by atoms with Crippen molar-refractivity contribution in [2.24, 2.45) is 17.8 Å². The van der Waals surface area contributed by atoms with E-state index in [4.69, 9.17) is 15.9 Å². The molecule has 1 saturated heterocycles. The third kappa shape index (κ3) is 3.79. The molecule has 35 heavy (non-hydrogen) atoms. The summed E-state index contributed by atoms with van der Waals surface area (Å²) in [6.45, 7) is 2.12. The SMILES string of the molecule is C#Cc1cccc(NC(=O)N[C@@H]2[C@H]3OC4=CC=C(Oc5ccnc6c5CCC(=O)N6)C(C)C4[C@@H]23)c1. The Bertz CT molecular complexity index is 1340. The van der Waals surface area contributed by atoms with Gasteiger partial charge < -0.3 is 25.4 Å². The Morgan fingerprint density at radius 1 is 1.29 bits per heavy atom. The van der Waals surface area contributed by atoms with Gasteiger partial charge in [-0.05, 0) is 42.8 Å². The zero-order chi connectivity index (χ0) is 24.1. The first-order valence-corrected chi connectivity index (χ1v) is 11.7. The number of amides is 3. The average molecular weight is 469 g/mol. The third-order valence-electron chi connectivity index (χ3n) is 7.11. The van der Waals surface area contributed by atoms with E-state index in [1.807, 2.05) is 30.4 Å². The summed E-state index contributed by atoms with van der Waals surface area (Å²) in [6.07, 6.45) is 12.0. The monoisotopic (exact) mass is 468 g/mol. The highest BCUT2D eigenvalue weighted by Gasteiger charge is 2.65. The van der Waals surface area contributed by atoms with Gasteiger partial charge in [-0.15, -0.1) is 6.42 Å². The van der Waals surface area contributed by atoms with Crippen molar-refractivity contribution < 1.29 is 19.1 Å². The smallest absolute Gasteiger partial charge is 0.319 e. The first kappa shape index (κ1) is 21.3. The highest BCUT2D eigenvalue weighted by molar-refractivity contribution is 5.93. The molecule has 4 aliphatic rings. The molecule has 2 aliphatic heterocycles. The summed E-state index contributed by atoms with van der Waals surface area (Å²) in [6, 6.07) is 8.65. The minimum atomic E-state index is -0.284. The van der Waals surface area contributed by atoms with E-state index in [1.165, 1.54) is 0 Å². The molecule has 3 amide bonds. The van der Waals surface area contributed by atoms with Gasteiger partial charge in [0.25, 0.3) is 0 Å². The Labute approximate surface area is 202 Å². The van der Waals surface area contributed by atoms with Crippen LogP contribution in [-0.2, 0) is 16.0 Å². The second-order valence-electron chi connectivity index (χ2n) is 9.25. The normalized spacial score (nSPS) is 27.4. The van der Waals surface area contributed by atoms with Gasteiger partial charge in [0.05, 0.1) is 6.04 Å². The number of carbonyl (C=O) groups is 2. The average Bonchev–Trinajstić information content (AvgIpc) is 3.33. The Morgan fingerprint density at radius 3 is 3.03 bits per heavy atom. The van der Waals surface area contributed by atoms with Crippen molar-refractivity contribution in [3.8, 4) is 18.1 Å². The lowest BCUT2D eigenvalue weighted by molar-refractivity contribution is -0.116. The molecule has 2 fully saturated rings. The van der Waals surface area contributed by atoms with Gasteiger partial charge in [0.2, 0.25) is 5.91 Å². The van der Waals surface area contributed by atoms with Crippen LogP contribution in [0.25, 0.3) is 0 Å². The zero-order valence-corrected chi connectivity index (χ0v) is 19.1. The van der Waals surface area contributed by atoms with Gasteiger partial charge in [-0.1, -0.05) is 18.9 Å². The van der Waals surface area contributed by atoms with Crippen molar-refractivity contribution in [1.82, 2.24) is 10.3 Å². The molecule has 3 heterocycles. The van der Waals surface area contributed by atoms with Crippen LogP contribution in [0.2, 0.25) is 0 Å². The molecule has 8 nitrogen and oxygen atoms in total. The topological polar surface area (TPSA) is 102 Å². The molecule has 6 rings (SSSR count). The molecule has 0 spiro atoms. The first-order chi connectivity index (χ1) is 17.0. The number of hydrogen-bond acceptors (Lipinski definition) is 5. The van der Waals surface area contributed by atoms with Crippen molar-refractivity contribution in [2.45, 2.75) is 31.9 Å². The summed E-state index contributed by atoms with van der Waals surface area (Å²) in [5.41, 5.74) is 2.26. The number of aromatic nitrogens is 1. The van der Waals surface area contributed by atoms with Gasteiger partial charge in [-0.25, -0.2) is 9.78 Å². The van der Waals surface area contributed by atoms with E-state index in [0.29, 0.717) is 35.7 Å². The van der Waals surface area contributed by atoms with Crippen LogP contribution in [0.15, 0.2) is 60.2 Å². The van der Waals surface area contributed by atoms with E-state index < -0.39 is 0 Å². The van der Waals surface area contributed by atoms with E-state index in [0.717, 1.165) is 17.1 Å². The molecule has 0 radical (unpaired) electrons. The number of benzene rings is 1. The maximum absolute atomic E-state index is 12.6. The van der Waals surface area contributed by atoms with Crippen molar-refractivity contribution in [3.05, 3.63) is 71.3 Å². The van der Waals surface area contributed by atoms with Gasteiger partial charge in [-0.2, -0.15) is 0 Å². The fourth-order valence-electron chi connectivity index (χ4n) is 5.32. The second-order valence-corrected chi connectivity index (χ2v) is 9.25. The van der Waals surface area contributed by atoms with Crippen LogP contribution >= 0.6 is 0 Å². The molecule has 1 aromatic heterocycles. The standard InChI is InChI=1S/C27H24N4O4/c1-3-15-5-4-6-16(13-15)29-27(33)31-24-23-22-14(2)18(8-9-20(22)35-25(23)24)34-19-11-12-28-26-17(19)7-10-21(32)30-26/h1,4-6,8-9,11-14,22-25H,7,10H2,2H3,(H,28,30,32)(H2,29,31,33)/t14?,22?,23-,24-,25-/m0/s1. The van der Waals surface area contributed by atoms with Crippen molar-refractivity contribution in [2.75, 3.05) is 10.6 Å². The lowest BCUT2D eigenvalue weighted by atomic mass is 9.83. The number of hydrogen-bond donors (Lipinski definition) is 3. The summed E-state index contributed by atoms with van der Waals surface area (Å²) in [5, 5.41) is 8.70. The highest BCUT2D eigenvalue weighted by atomic mass is 16.5. The molecule has 0 bridgehead atoms. The van der Waals surface area contributed by atoms with Crippen LogP contribution in [0, 0.1) is 30.1 Å². The predicted octanol–water partition coefficient (Wildman–Crippen LogP) is 3.58. The second kappa shape index (κ2) is 8.20. The number of ether oxygens (including phenoxy) is 2. The number of allylic oxidation sites excluding steroid dienone is 4. The molecular formula is C27H24N4O4.